The highest BCUT2D eigenvalue weighted by molar-refractivity contribution is 5.65. The highest BCUT2D eigenvalue weighted by Gasteiger charge is 2.03. The lowest BCUT2D eigenvalue weighted by Crippen LogP contribution is -2.04. The maximum absolute atomic E-state index is 13.6. The van der Waals surface area contributed by atoms with E-state index in [-0.39, 0.29) is 5.82 Å². The van der Waals surface area contributed by atoms with Crippen LogP contribution in [0.5, 0.6) is 0 Å². The number of para-hydroxylation sites is 2. The normalized spacial score (nSPS) is 10.2. The van der Waals surface area contributed by atoms with Gasteiger partial charge in [0.05, 0.1) is 11.4 Å². The van der Waals surface area contributed by atoms with Crippen molar-refractivity contribution >= 4 is 11.4 Å². The fourth-order valence-corrected chi connectivity index (χ4v) is 1.64. The Bertz CT molecular complexity index is 523. The molecule has 17 heavy (non-hydrogen) atoms. The third-order valence-electron chi connectivity index (χ3n) is 2.64. The first-order valence-corrected chi connectivity index (χ1v) is 5.50. The first kappa shape index (κ1) is 11.5. The van der Waals surface area contributed by atoms with E-state index in [1.807, 2.05) is 37.3 Å². The van der Waals surface area contributed by atoms with Crippen molar-refractivity contribution in [3.63, 3.8) is 0 Å². The summed E-state index contributed by atoms with van der Waals surface area (Å²) in [5.74, 6) is -0.188. The van der Waals surface area contributed by atoms with Crippen molar-refractivity contribution in [2.45, 2.75) is 13.5 Å². The number of anilines is 2. The third-order valence-corrected chi connectivity index (χ3v) is 2.64. The van der Waals surface area contributed by atoms with E-state index in [4.69, 9.17) is 5.73 Å². The number of nitrogen functional groups attached to an aromatic ring is 1. The average molecular weight is 230 g/mol. The van der Waals surface area contributed by atoms with Gasteiger partial charge in [-0.25, -0.2) is 4.39 Å². The molecule has 0 fully saturated rings. The van der Waals surface area contributed by atoms with Gasteiger partial charge < -0.3 is 11.1 Å². The molecular formula is C14H15FN2. The van der Waals surface area contributed by atoms with Crippen molar-refractivity contribution in [2.75, 3.05) is 11.1 Å². The molecule has 0 spiro atoms. The molecule has 88 valence electrons. The van der Waals surface area contributed by atoms with E-state index < -0.39 is 0 Å². The van der Waals surface area contributed by atoms with Crippen LogP contribution in [0.3, 0.4) is 0 Å². The van der Waals surface area contributed by atoms with E-state index >= 15 is 0 Å². The van der Waals surface area contributed by atoms with Gasteiger partial charge in [0, 0.05) is 12.1 Å². The molecule has 0 saturated carbocycles. The van der Waals surface area contributed by atoms with E-state index in [2.05, 4.69) is 5.32 Å². The molecule has 2 rings (SSSR count). The molecule has 0 amide bonds. The first-order chi connectivity index (χ1) is 8.16. The van der Waals surface area contributed by atoms with Gasteiger partial charge in [-0.1, -0.05) is 24.3 Å². The monoisotopic (exact) mass is 230 g/mol. The fraction of sp³-hybridized carbons (Fsp3) is 0.143. The van der Waals surface area contributed by atoms with Gasteiger partial charge in [0.1, 0.15) is 5.82 Å². The van der Waals surface area contributed by atoms with E-state index in [9.17, 15) is 4.39 Å². The van der Waals surface area contributed by atoms with Crippen LogP contribution in [0.2, 0.25) is 0 Å². The van der Waals surface area contributed by atoms with Gasteiger partial charge in [-0.2, -0.15) is 0 Å². The number of nitrogens with one attached hydrogen (secondary N) is 1. The molecular weight excluding hydrogens is 215 g/mol. The van der Waals surface area contributed by atoms with Gasteiger partial charge in [-0.05, 0) is 30.7 Å². The second kappa shape index (κ2) is 4.87. The van der Waals surface area contributed by atoms with Crippen molar-refractivity contribution in [3.8, 4) is 0 Å². The number of hydrogen-bond donors (Lipinski definition) is 2. The zero-order valence-corrected chi connectivity index (χ0v) is 9.70. The molecule has 0 unspecified atom stereocenters. The molecule has 2 aromatic carbocycles. The van der Waals surface area contributed by atoms with E-state index in [1.165, 1.54) is 6.07 Å². The van der Waals surface area contributed by atoms with Crippen LogP contribution in [0.15, 0.2) is 42.5 Å². The van der Waals surface area contributed by atoms with E-state index in [0.717, 1.165) is 11.3 Å². The second-order valence-electron chi connectivity index (χ2n) is 4.04. The summed E-state index contributed by atoms with van der Waals surface area (Å²) in [6.45, 7) is 2.30. The molecule has 0 radical (unpaired) electrons. The van der Waals surface area contributed by atoms with Gasteiger partial charge in [0.2, 0.25) is 0 Å². The minimum Gasteiger partial charge on any atom is -0.397 e. The SMILES string of the molecule is Cc1ccc(CNc2ccccc2N)c(F)c1. The molecule has 0 aliphatic heterocycles. The zero-order chi connectivity index (χ0) is 12.3. The lowest BCUT2D eigenvalue weighted by atomic mass is 10.1. The molecule has 3 N–H and O–H groups in total. The van der Waals surface area contributed by atoms with Crippen molar-refractivity contribution in [1.29, 1.82) is 0 Å². The number of nitrogens with two attached hydrogens (primary N) is 1. The molecule has 2 nitrogen and oxygen atoms in total. The number of benzene rings is 2. The smallest absolute Gasteiger partial charge is 0.128 e. The van der Waals surface area contributed by atoms with Crippen LogP contribution in [-0.4, -0.2) is 0 Å². The van der Waals surface area contributed by atoms with Crippen molar-refractivity contribution in [1.82, 2.24) is 0 Å². The van der Waals surface area contributed by atoms with Crippen molar-refractivity contribution in [3.05, 3.63) is 59.4 Å². The Labute approximate surface area is 100 Å². The van der Waals surface area contributed by atoms with Crippen LogP contribution < -0.4 is 11.1 Å². The quantitative estimate of drug-likeness (QED) is 0.794. The minimum absolute atomic E-state index is 0.188. The summed E-state index contributed by atoms with van der Waals surface area (Å²) in [5, 5.41) is 3.12. The second-order valence-corrected chi connectivity index (χ2v) is 4.04. The molecule has 0 saturated heterocycles. The number of halogens is 1. The Hall–Kier alpha value is -2.03. The van der Waals surface area contributed by atoms with Crippen molar-refractivity contribution < 1.29 is 4.39 Å². The molecule has 0 bridgehead atoms. The maximum atomic E-state index is 13.6. The summed E-state index contributed by atoms with van der Waals surface area (Å²) in [6, 6.07) is 12.7. The number of rotatable bonds is 3. The Kier molecular flexibility index (Phi) is 3.28. The number of aryl methyl sites for hydroxylation is 1. The van der Waals surface area contributed by atoms with E-state index in [0.29, 0.717) is 17.8 Å². The topological polar surface area (TPSA) is 38.0 Å². The summed E-state index contributed by atoms with van der Waals surface area (Å²) < 4.78 is 13.6. The molecule has 0 aromatic heterocycles. The highest BCUT2D eigenvalue weighted by Crippen LogP contribution is 2.18. The highest BCUT2D eigenvalue weighted by atomic mass is 19.1. The predicted molar refractivity (Wildman–Crippen MR) is 69.3 cm³/mol. The molecule has 2 aromatic rings. The van der Waals surface area contributed by atoms with Gasteiger partial charge in [0.25, 0.3) is 0 Å². The Morgan fingerprint density at radius 1 is 1.18 bits per heavy atom. The fourth-order valence-electron chi connectivity index (χ4n) is 1.64. The lowest BCUT2D eigenvalue weighted by Gasteiger charge is -2.10. The molecule has 0 atom stereocenters. The summed E-state index contributed by atoms with van der Waals surface area (Å²) in [6.07, 6.45) is 0. The predicted octanol–water partition coefficient (Wildman–Crippen LogP) is 3.33. The molecule has 0 heterocycles. The summed E-state index contributed by atoms with van der Waals surface area (Å²) in [7, 11) is 0. The first-order valence-electron chi connectivity index (χ1n) is 5.50. The minimum atomic E-state index is -0.188. The summed E-state index contributed by atoms with van der Waals surface area (Å²) in [4.78, 5) is 0. The van der Waals surface area contributed by atoms with Crippen LogP contribution in [0, 0.1) is 12.7 Å². The Morgan fingerprint density at radius 2 is 1.94 bits per heavy atom. The van der Waals surface area contributed by atoms with Crippen LogP contribution in [0.25, 0.3) is 0 Å². The lowest BCUT2D eigenvalue weighted by molar-refractivity contribution is 0.612. The maximum Gasteiger partial charge on any atom is 0.128 e. The Morgan fingerprint density at radius 3 is 2.65 bits per heavy atom. The molecule has 0 aliphatic carbocycles. The van der Waals surface area contributed by atoms with E-state index in [1.54, 1.807) is 6.07 Å². The van der Waals surface area contributed by atoms with Crippen LogP contribution in [0.1, 0.15) is 11.1 Å². The Balaban J connectivity index is 2.10. The summed E-state index contributed by atoms with van der Waals surface area (Å²) >= 11 is 0. The van der Waals surface area contributed by atoms with Gasteiger partial charge in [-0.15, -0.1) is 0 Å². The standard InChI is InChI=1S/C14H15FN2/c1-10-6-7-11(12(15)8-10)9-17-14-5-3-2-4-13(14)16/h2-8,17H,9,16H2,1H3. The largest absolute Gasteiger partial charge is 0.397 e. The summed E-state index contributed by atoms with van der Waals surface area (Å²) in [5.41, 5.74) is 8.84. The average Bonchev–Trinajstić information content (AvgIpc) is 2.30. The van der Waals surface area contributed by atoms with Crippen LogP contribution in [-0.2, 0) is 6.54 Å². The van der Waals surface area contributed by atoms with Crippen molar-refractivity contribution in [2.24, 2.45) is 0 Å². The third kappa shape index (κ3) is 2.75. The van der Waals surface area contributed by atoms with Gasteiger partial charge >= 0.3 is 0 Å². The zero-order valence-electron chi connectivity index (χ0n) is 9.70. The van der Waals surface area contributed by atoms with Gasteiger partial charge in [-0.3, -0.25) is 0 Å². The number of hydrogen-bond acceptors (Lipinski definition) is 2. The van der Waals surface area contributed by atoms with Crippen LogP contribution in [0.4, 0.5) is 15.8 Å². The van der Waals surface area contributed by atoms with Crippen LogP contribution >= 0.6 is 0 Å². The van der Waals surface area contributed by atoms with Gasteiger partial charge in [0.15, 0.2) is 0 Å². The molecule has 3 heteroatoms. The molecule has 0 aliphatic rings.